The molecule has 0 rings (SSSR count). The summed E-state index contributed by atoms with van der Waals surface area (Å²) in [7, 11) is -3.73. The third kappa shape index (κ3) is 5.25. The Hall–Kier alpha value is -0.540. The maximum absolute atomic E-state index is 10.5. The molecule has 0 aliphatic carbocycles. The summed E-state index contributed by atoms with van der Waals surface area (Å²) in [6.45, 7) is -0.717. The van der Waals surface area contributed by atoms with Gasteiger partial charge in [-0.25, -0.2) is 0 Å². The molecular formula is C6H12O7S. The molecule has 0 aromatic carbocycles. The van der Waals surface area contributed by atoms with E-state index >= 15 is 0 Å². The molecule has 7 nitrogen and oxygen atoms in total. The normalized spacial score (nSPS) is 18.6. The molecule has 0 spiro atoms. The molecule has 0 heterocycles. The summed E-state index contributed by atoms with van der Waals surface area (Å²) < 4.78 is 25.0. The number of hydrogen-bond donors (Lipinski definition) is 3. The summed E-state index contributed by atoms with van der Waals surface area (Å²) in [5.74, 6) is 0. The second-order valence-electron chi connectivity index (χ2n) is 2.67. The lowest BCUT2D eigenvalue weighted by atomic mass is 10.1. The van der Waals surface area contributed by atoms with Gasteiger partial charge in [-0.2, -0.15) is 8.42 Å². The van der Waals surface area contributed by atoms with E-state index in [1.165, 1.54) is 0 Å². The Morgan fingerprint density at radius 3 is 2.21 bits per heavy atom. The Bertz CT molecular complexity index is 272. The van der Waals surface area contributed by atoms with E-state index in [1.54, 1.807) is 0 Å². The highest BCUT2D eigenvalue weighted by atomic mass is 32.2. The van der Waals surface area contributed by atoms with E-state index in [-0.39, 0.29) is 6.29 Å². The van der Waals surface area contributed by atoms with Crippen LogP contribution in [0.3, 0.4) is 0 Å². The first kappa shape index (κ1) is 13.5. The van der Waals surface area contributed by atoms with E-state index in [0.29, 0.717) is 0 Å². The fourth-order valence-electron chi connectivity index (χ4n) is 0.600. The van der Waals surface area contributed by atoms with Crippen molar-refractivity contribution < 1.29 is 32.7 Å². The standard InChI is InChI=1S/C6H12O7S/c1-14(11,12)13-3-5(9)6(10)4(8)2-7/h2,4-6,8-10H,3H2,1H3/t4-,5+,6-/m0/s1. The average Bonchev–Trinajstić information content (AvgIpc) is 2.10. The lowest BCUT2D eigenvalue weighted by Crippen LogP contribution is -2.41. The van der Waals surface area contributed by atoms with Gasteiger partial charge in [-0.15, -0.1) is 0 Å². The first-order chi connectivity index (χ1) is 6.28. The lowest BCUT2D eigenvalue weighted by Gasteiger charge is -2.18. The fourth-order valence-corrected chi connectivity index (χ4v) is 0.987. The molecule has 0 aliphatic heterocycles. The van der Waals surface area contributed by atoms with Crippen LogP contribution >= 0.6 is 0 Å². The summed E-state index contributed by atoms with van der Waals surface area (Å²) >= 11 is 0. The van der Waals surface area contributed by atoms with Gasteiger partial charge in [-0.1, -0.05) is 0 Å². The van der Waals surface area contributed by atoms with Gasteiger partial charge in [-0.3, -0.25) is 4.18 Å². The van der Waals surface area contributed by atoms with Gasteiger partial charge in [-0.05, 0) is 0 Å². The van der Waals surface area contributed by atoms with Crippen molar-refractivity contribution in [2.45, 2.75) is 18.3 Å². The van der Waals surface area contributed by atoms with Crippen LogP contribution in [0.2, 0.25) is 0 Å². The van der Waals surface area contributed by atoms with E-state index in [9.17, 15) is 13.2 Å². The van der Waals surface area contributed by atoms with Crippen LogP contribution in [0, 0.1) is 0 Å². The van der Waals surface area contributed by atoms with E-state index in [2.05, 4.69) is 4.18 Å². The van der Waals surface area contributed by atoms with Crippen molar-refractivity contribution in [3.8, 4) is 0 Å². The Morgan fingerprint density at radius 1 is 1.36 bits per heavy atom. The topological polar surface area (TPSA) is 121 Å². The van der Waals surface area contributed by atoms with Gasteiger partial charge in [0.25, 0.3) is 10.1 Å². The van der Waals surface area contributed by atoms with Crippen LogP contribution in [0.15, 0.2) is 0 Å². The summed E-state index contributed by atoms with van der Waals surface area (Å²) in [6.07, 6.45) is -4.40. The first-order valence-electron chi connectivity index (χ1n) is 3.62. The average molecular weight is 228 g/mol. The van der Waals surface area contributed by atoms with Crippen molar-refractivity contribution in [3.05, 3.63) is 0 Å². The maximum atomic E-state index is 10.5. The summed E-state index contributed by atoms with van der Waals surface area (Å²) in [5.41, 5.74) is 0. The third-order valence-corrected chi connectivity index (χ3v) is 1.90. The molecule has 0 fully saturated rings. The minimum Gasteiger partial charge on any atom is -0.388 e. The minimum atomic E-state index is -3.73. The van der Waals surface area contributed by atoms with Crippen LogP contribution in [0.4, 0.5) is 0 Å². The molecule has 3 atom stereocenters. The SMILES string of the molecule is CS(=O)(=O)OC[C@@H](O)[C@@H](O)[C@@H](O)C=O. The predicted octanol–water partition coefficient (Wildman–Crippen LogP) is -2.76. The highest BCUT2D eigenvalue weighted by molar-refractivity contribution is 7.85. The van der Waals surface area contributed by atoms with Crippen molar-refractivity contribution in [1.82, 2.24) is 0 Å². The van der Waals surface area contributed by atoms with Gasteiger partial charge in [0, 0.05) is 0 Å². The number of aliphatic hydroxyl groups excluding tert-OH is 3. The van der Waals surface area contributed by atoms with Gasteiger partial charge < -0.3 is 20.1 Å². The lowest BCUT2D eigenvalue weighted by molar-refractivity contribution is -0.127. The highest BCUT2D eigenvalue weighted by Gasteiger charge is 2.25. The van der Waals surface area contributed by atoms with Gasteiger partial charge >= 0.3 is 0 Å². The molecule has 84 valence electrons. The third-order valence-electron chi connectivity index (χ3n) is 1.34. The quantitative estimate of drug-likeness (QED) is 0.332. The Kier molecular flexibility index (Phi) is 5.16. The molecule has 14 heavy (non-hydrogen) atoms. The zero-order chi connectivity index (χ0) is 11.4. The van der Waals surface area contributed by atoms with Crippen molar-refractivity contribution >= 4 is 16.4 Å². The van der Waals surface area contributed by atoms with Crippen LogP contribution in [0.1, 0.15) is 0 Å². The van der Waals surface area contributed by atoms with Crippen molar-refractivity contribution in [2.75, 3.05) is 12.9 Å². The number of rotatable bonds is 6. The molecule has 0 saturated carbocycles. The van der Waals surface area contributed by atoms with Crippen LogP contribution < -0.4 is 0 Å². The van der Waals surface area contributed by atoms with Gasteiger partial charge in [0.1, 0.15) is 18.3 Å². The molecule has 0 amide bonds. The molecule has 0 bridgehead atoms. The molecule has 0 aromatic heterocycles. The van der Waals surface area contributed by atoms with Crippen molar-refractivity contribution in [1.29, 1.82) is 0 Å². The molecule has 0 unspecified atom stereocenters. The number of aldehydes is 1. The molecule has 8 heteroatoms. The van der Waals surface area contributed by atoms with E-state index in [0.717, 1.165) is 6.26 Å². The number of carbonyl (C=O) groups is 1. The number of carbonyl (C=O) groups excluding carboxylic acids is 1. The largest absolute Gasteiger partial charge is 0.388 e. The van der Waals surface area contributed by atoms with E-state index in [4.69, 9.17) is 15.3 Å². The summed E-state index contributed by atoms with van der Waals surface area (Å²) in [6, 6.07) is 0. The molecule has 0 aromatic rings. The molecule has 0 aliphatic rings. The highest BCUT2D eigenvalue weighted by Crippen LogP contribution is 2.00. The Labute approximate surface area is 81.1 Å². The summed E-state index contributed by atoms with van der Waals surface area (Å²) in [4.78, 5) is 9.97. The van der Waals surface area contributed by atoms with Crippen LogP contribution in [0.25, 0.3) is 0 Å². The number of hydrogen-bond acceptors (Lipinski definition) is 7. The molecule has 0 radical (unpaired) electrons. The van der Waals surface area contributed by atoms with Gasteiger partial charge in [0.05, 0.1) is 12.9 Å². The van der Waals surface area contributed by atoms with Crippen molar-refractivity contribution in [2.24, 2.45) is 0 Å². The second-order valence-corrected chi connectivity index (χ2v) is 4.32. The Morgan fingerprint density at radius 2 is 1.86 bits per heavy atom. The summed E-state index contributed by atoms with van der Waals surface area (Å²) in [5, 5.41) is 26.7. The van der Waals surface area contributed by atoms with Crippen LogP contribution in [0.5, 0.6) is 0 Å². The van der Waals surface area contributed by atoms with Gasteiger partial charge in [0.15, 0.2) is 6.29 Å². The molecular weight excluding hydrogens is 216 g/mol. The Balaban J connectivity index is 4.08. The second kappa shape index (κ2) is 5.37. The zero-order valence-corrected chi connectivity index (χ0v) is 8.22. The van der Waals surface area contributed by atoms with Crippen LogP contribution in [-0.4, -0.2) is 61.2 Å². The van der Waals surface area contributed by atoms with Gasteiger partial charge in [0.2, 0.25) is 0 Å². The van der Waals surface area contributed by atoms with E-state index < -0.39 is 35.0 Å². The maximum Gasteiger partial charge on any atom is 0.264 e. The monoisotopic (exact) mass is 228 g/mol. The smallest absolute Gasteiger partial charge is 0.264 e. The molecule has 3 N–H and O–H groups in total. The van der Waals surface area contributed by atoms with Crippen LogP contribution in [-0.2, 0) is 19.1 Å². The predicted molar refractivity (Wildman–Crippen MR) is 44.9 cm³/mol. The van der Waals surface area contributed by atoms with E-state index in [1.807, 2.05) is 0 Å². The molecule has 0 saturated heterocycles. The number of aliphatic hydroxyl groups is 3. The fraction of sp³-hybridized carbons (Fsp3) is 0.833. The minimum absolute atomic E-state index is 0.0222. The first-order valence-corrected chi connectivity index (χ1v) is 5.43. The zero-order valence-electron chi connectivity index (χ0n) is 7.40. The van der Waals surface area contributed by atoms with Crippen molar-refractivity contribution in [3.63, 3.8) is 0 Å².